The summed E-state index contributed by atoms with van der Waals surface area (Å²) in [5, 5.41) is 11.6. The third-order valence-corrected chi connectivity index (χ3v) is 7.13. The highest BCUT2D eigenvalue weighted by atomic mass is 16.5. The lowest BCUT2D eigenvalue weighted by molar-refractivity contribution is -0.125. The summed E-state index contributed by atoms with van der Waals surface area (Å²) < 4.78 is 7.86. The number of benzene rings is 2. The molecule has 0 spiro atoms. The first-order valence-corrected chi connectivity index (χ1v) is 12.9. The summed E-state index contributed by atoms with van der Waals surface area (Å²) in [4.78, 5) is 33.9. The summed E-state index contributed by atoms with van der Waals surface area (Å²) in [7, 11) is 3.79. The molecule has 1 aliphatic heterocycles. The lowest BCUT2D eigenvalue weighted by Gasteiger charge is -2.24. The third kappa shape index (κ3) is 4.75. The minimum absolute atomic E-state index is 0.0616. The molecule has 40 heavy (non-hydrogen) atoms. The second-order valence-electron chi connectivity index (χ2n) is 9.74. The lowest BCUT2D eigenvalue weighted by Crippen LogP contribution is -2.37. The number of nitrogens with one attached hydrogen (secondary N) is 1. The number of hydrogen-bond acceptors (Lipinski definition) is 10. The molecule has 1 N–H and O–H groups in total. The number of nitrogens with zero attached hydrogens (tertiary/aromatic N) is 9. The fraction of sp³-hybridized carbons (Fsp3) is 0.250. The van der Waals surface area contributed by atoms with Gasteiger partial charge in [0.25, 0.3) is 0 Å². The Kier molecular flexibility index (Phi) is 6.42. The van der Waals surface area contributed by atoms with Gasteiger partial charge in [0, 0.05) is 38.9 Å². The van der Waals surface area contributed by atoms with Crippen molar-refractivity contribution in [3.05, 3.63) is 67.1 Å². The molecule has 5 aromatic rings. The number of aromatic nitrogens is 7. The SMILES string of the molecule is C=CC(=O)N1CC[C@H](N(C)c2ncc3ncnc(Nc4ccc(Oc5ccc6c(c5)nnn6C)c(C)c4)c3n2)C1. The number of likely N-dealkylation sites (N-methyl/N-ethyl adjacent to an activating group) is 1. The zero-order valence-electron chi connectivity index (χ0n) is 22.4. The standard InChI is InChI=1S/C28H28N10O2/c1-5-25(39)38-11-10-19(15-38)36(3)28-29-14-22-26(33-28)27(31-16-30-22)32-18-6-9-24(17(2)12-18)40-20-7-8-23-21(13-20)34-35-37(23)4/h5-9,12-14,16,19H,1,10-11,15H2,2-4H3,(H,30,31,32)/t19-/m0/s1. The van der Waals surface area contributed by atoms with Crippen LogP contribution in [0.2, 0.25) is 0 Å². The molecule has 0 saturated carbocycles. The molecular formula is C28H28N10O2. The highest BCUT2D eigenvalue weighted by Gasteiger charge is 2.29. The van der Waals surface area contributed by atoms with Crippen molar-refractivity contribution in [2.45, 2.75) is 19.4 Å². The van der Waals surface area contributed by atoms with E-state index >= 15 is 0 Å². The molecule has 6 rings (SSSR count). The van der Waals surface area contributed by atoms with Gasteiger partial charge in [0.2, 0.25) is 11.9 Å². The molecule has 12 heteroatoms. The quantitative estimate of drug-likeness (QED) is 0.307. The number of likely N-dealkylation sites (tertiary alicyclic amines) is 1. The van der Waals surface area contributed by atoms with Crippen LogP contribution in [0.3, 0.4) is 0 Å². The van der Waals surface area contributed by atoms with Crippen LogP contribution in [-0.4, -0.2) is 71.9 Å². The van der Waals surface area contributed by atoms with Crippen LogP contribution in [0.25, 0.3) is 22.1 Å². The van der Waals surface area contributed by atoms with E-state index in [4.69, 9.17) is 9.72 Å². The van der Waals surface area contributed by atoms with Gasteiger partial charge in [-0.2, -0.15) is 0 Å². The molecule has 12 nitrogen and oxygen atoms in total. The molecule has 1 saturated heterocycles. The van der Waals surface area contributed by atoms with Crippen LogP contribution in [0.15, 0.2) is 61.6 Å². The maximum absolute atomic E-state index is 12.0. The maximum atomic E-state index is 12.0. The van der Waals surface area contributed by atoms with E-state index in [1.807, 2.05) is 62.3 Å². The van der Waals surface area contributed by atoms with Gasteiger partial charge in [-0.25, -0.2) is 24.6 Å². The Balaban J connectivity index is 1.21. The monoisotopic (exact) mass is 536 g/mol. The van der Waals surface area contributed by atoms with Crippen molar-refractivity contribution in [1.82, 2.24) is 39.8 Å². The minimum atomic E-state index is -0.0616. The summed E-state index contributed by atoms with van der Waals surface area (Å²) in [6.07, 6.45) is 5.36. The molecule has 1 fully saturated rings. The van der Waals surface area contributed by atoms with Crippen molar-refractivity contribution in [3.8, 4) is 11.5 Å². The van der Waals surface area contributed by atoms with Crippen LogP contribution >= 0.6 is 0 Å². The molecule has 0 aliphatic carbocycles. The Labute approximate surface area is 230 Å². The number of fused-ring (bicyclic) bond motifs is 2. The van der Waals surface area contributed by atoms with Gasteiger partial charge in [-0.05, 0) is 55.3 Å². The summed E-state index contributed by atoms with van der Waals surface area (Å²) in [6.45, 7) is 6.85. The first-order valence-electron chi connectivity index (χ1n) is 12.9. The van der Waals surface area contributed by atoms with Gasteiger partial charge in [-0.15, -0.1) is 5.10 Å². The van der Waals surface area contributed by atoms with Crippen molar-refractivity contribution in [3.63, 3.8) is 0 Å². The largest absolute Gasteiger partial charge is 0.457 e. The molecule has 0 bridgehead atoms. The van der Waals surface area contributed by atoms with E-state index in [9.17, 15) is 4.79 Å². The smallest absolute Gasteiger partial charge is 0.246 e. The van der Waals surface area contributed by atoms with Crippen LogP contribution in [0.5, 0.6) is 11.5 Å². The van der Waals surface area contributed by atoms with Crippen LogP contribution < -0.4 is 15.0 Å². The molecule has 4 heterocycles. The molecule has 1 atom stereocenters. The minimum Gasteiger partial charge on any atom is -0.457 e. The first kappa shape index (κ1) is 25.2. The lowest BCUT2D eigenvalue weighted by atomic mass is 10.2. The fourth-order valence-electron chi connectivity index (χ4n) is 4.85. The van der Waals surface area contributed by atoms with E-state index in [1.54, 1.807) is 15.8 Å². The van der Waals surface area contributed by atoms with Crippen LogP contribution in [0.1, 0.15) is 12.0 Å². The normalized spacial score (nSPS) is 15.0. The number of anilines is 3. The Hall–Kier alpha value is -5.13. The number of ether oxygens (including phenoxy) is 1. The maximum Gasteiger partial charge on any atom is 0.246 e. The van der Waals surface area contributed by atoms with Gasteiger partial charge in [-0.3, -0.25) is 4.79 Å². The first-order chi connectivity index (χ1) is 19.4. The van der Waals surface area contributed by atoms with Crippen LogP contribution in [-0.2, 0) is 11.8 Å². The summed E-state index contributed by atoms with van der Waals surface area (Å²) in [5.41, 5.74) is 4.71. The predicted octanol–water partition coefficient (Wildman–Crippen LogP) is 3.77. The van der Waals surface area contributed by atoms with Gasteiger partial charge < -0.3 is 19.9 Å². The number of carbonyl (C=O) groups is 1. The molecule has 2 aromatic carbocycles. The molecule has 0 radical (unpaired) electrons. The molecule has 3 aromatic heterocycles. The highest BCUT2D eigenvalue weighted by Crippen LogP contribution is 2.31. The summed E-state index contributed by atoms with van der Waals surface area (Å²) >= 11 is 0. The van der Waals surface area contributed by atoms with Crippen molar-refractivity contribution in [2.75, 3.05) is 30.4 Å². The number of carbonyl (C=O) groups excluding carboxylic acids is 1. The van der Waals surface area contributed by atoms with Crippen molar-refractivity contribution in [1.29, 1.82) is 0 Å². The van der Waals surface area contributed by atoms with Gasteiger partial charge in [0.15, 0.2) is 5.82 Å². The third-order valence-electron chi connectivity index (χ3n) is 7.13. The Morgan fingerprint density at radius 3 is 2.88 bits per heavy atom. The number of hydrogen-bond donors (Lipinski definition) is 1. The zero-order valence-corrected chi connectivity index (χ0v) is 22.4. The zero-order chi connectivity index (χ0) is 27.8. The topological polar surface area (TPSA) is 127 Å². The second kappa shape index (κ2) is 10.2. The van der Waals surface area contributed by atoms with Gasteiger partial charge in [0.05, 0.1) is 17.8 Å². The van der Waals surface area contributed by atoms with Crippen LogP contribution in [0, 0.1) is 6.92 Å². The molecule has 1 aliphatic rings. The van der Waals surface area contributed by atoms with E-state index < -0.39 is 0 Å². The van der Waals surface area contributed by atoms with Crippen molar-refractivity contribution >= 4 is 45.4 Å². The van der Waals surface area contributed by atoms with E-state index in [0.717, 1.165) is 34.5 Å². The summed E-state index contributed by atoms with van der Waals surface area (Å²) in [5.74, 6) is 2.47. The average Bonchev–Trinajstić information content (AvgIpc) is 3.61. The summed E-state index contributed by atoms with van der Waals surface area (Å²) in [6, 6.07) is 11.6. The molecule has 202 valence electrons. The van der Waals surface area contributed by atoms with Crippen molar-refractivity contribution < 1.29 is 9.53 Å². The highest BCUT2D eigenvalue weighted by molar-refractivity contribution is 5.88. The second-order valence-corrected chi connectivity index (χ2v) is 9.74. The van der Waals surface area contributed by atoms with E-state index in [2.05, 4.69) is 37.2 Å². The number of amides is 1. The van der Waals surface area contributed by atoms with E-state index in [-0.39, 0.29) is 11.9 Å². The van der Waals surface area contributed by atoms with E-state index in [0.29, 0.717) is 41.6 Å². The van der Waals surface area contributed by atoms with Crippen LogP contribution in [0.4, 0.5) is 17.5 Å². The Morgan fingerprint density at radius 1 is 1.18 bits per heavy atom. The average molecular weight is 537 g/mol. The van der Waals surface area contributed by atoms with Gasteiger partial charge in [-0.1, -0.05) is 11.8 Å². The van der Waals surface area contributed by atoms with E-state index in [1.165, 1.54) is 12.4 Å². The Bertz CT molecular complexity index is 1750. The van der Waals surface area contributed by atoms with Gasteiger partial charge in [0.1, 0.15) is 34.4 Å². The van der Waals surface area contributed by atoms with Crippen molar-refractivity contribution in [2.24, 2.45) is 7.05 Å². The Morgan fingerprint density at radius 2 is 2.05 bits per heavy atom. The van der Waals surface area contributed by atoms with Gasteiger partial charge >= 0.3 is 0 Å². The molecule has 0 unspecified atom stereocenters. The number of rotatable bonds is 7. The molecular weight excluding hydrogens is 508 g/mol. The predicted molar refractivity (Wildman–Crippen MR) is 152 cm³/mol. The number of aryl methyl sites for hydroxylation is 2. The fourth-order valence-corrected chi connectivity index (χ4v) is 4.85. The molecule has 1 amide bonds.